The van der Waals surface area contributed by atoms with Crippen LogP contribution in [-0.4, -0.2) is 12.5 Å². The van der Waals surface area contributed by atoms with Crippen LogP contribution in [0.5, 0.6) is 0 Å². The summed E-state index contributed by atoms with van der Waals surface area (Å²) in [6.45, 7) is 4.70. The molecule has 4 heteroatoms. The van der Waals surface area contributed by atoms with Crippen LogP contribution in [0.3, 0.4) is 0 Å². The molecule has 0 spiro atoms. The minimum Gasteiger partial charge on any atom is -0.384 e. The number of benzene rings is 2. The number of para-hydroxylation sites is 1. The fourth-order valence-electron chi connectivity index (χ4n) is 1.96. The molecule has 2 aromatic carbocycles. The number of hydrogen-bond acceptors (Lipinski definition) is 2. The molecular weight excluding hydrogens is 328 g/mol. The van der Waals surface area contributed by atoms with Crippen molar-refractivity contribution in [2.24, 2.45) is 0 Å². The Kier molecular flexibility index (Phi) is 5.39. The maximum absolute atomic E-state index is 11.9. The molecule has 0 saturated carbocycles. The van der Waals surface area contributed by atoms with Gasteiger partial charge in [0.1, 0.15) is 0 Å². The van der Waals surface area contributed by atoms with Crippen molar-refractivity contribution >= 4 is 33.2 Å². The van der Waals surface area contributed by atoms with E-state index in [2.05, 4.69) is 33.5 Å². The second kappa shape index (κ2) is 7.27. The SMILES string of the molecule is Cc1ccc(NC(=O)CCNc2ccccc2Br)cc1C. The topological polar surface area (TPSA) is 41.1 Å². The molecule has 2 N–H and O–H groups in total. The molecule has 0 fully saturated rings. The van der Waals surface area contributed by atoms with Crippen LogP contribution in [0.25, 0.3) is 0 Å². The van der Waals surface area contributed by atoms with E-state index in [1.165, 1.54) is 11.1 Å². The number of hydrogen-bond donors (Lipinski definition) is 2. The van der Waals surface area contributed by atoms with Crippen LogP contribution in [0.1, 0.15) is 17.5 Å². The lowest BCUT2D eigenvalue weighted by molar-refractivity contribution is -0.115. The summed E-state index contributed by atoms with van der Waals surface area (Å²) in [5.74, 6) is 0.0119. The van der Waals surface area contributed by atoms with Crippen LogP contribution < -0.4 is 10.6 Å². The number of anilines is 2. The van der Waals surface area contributed by atoms with E-state index in [9.17, 15) is 4.79 Å². The third-order valence-corrected chi connectivity index (χ3v) is 4.02. The maximum atomic E-state index is 11.9. The molecular formula is C17H19BrN2O. The van der Waals surface area contributed by atoms with E-state index in [1.807, 2.05) is 49.4 Å². The van der Waals surface area contributed by atoms with E-state index in [0.717, 1.165) is 15.8 Å². The number of nitrogens with one attached hydrogen (secondary N) is 2. The molecule has 110 valence electrons. The number of aryl methyl sites for hydroxylation is 2. The molecule has 2 aromatic rings. The van der Waals surface area contributed by atoms with Crippen molar-refractivity contribution in [3.05, 3.63) is 58.1 Å². The highest BCUT2D eigenvalue weighted by molar-refractivity contribution is 9.10. The molecule has 0 aliphatic carbocycles. The molecule has 0 unspecified atom stereocenters. The van der Waals surface area contributed by atoms with Crippen LogP contribution >= 0.6 is 15.9 Å². The first-order chi connectivity index (χ1) is 10.1. The van der Waals surface area contributed by atoms with Gasteiger partial charge in [-0.25, -0.2) is 0 Å². The van der Waals surface area contributed by atoms with E-state index in [4.69, 9.17) is 0 Å². The summed E-state index contributed by atoms with van der Waals surface area (Å²) in [6, 6.07) is 13.8. The van der Waals surface area contributed by atoms with Crippen molar-refractivity contribution in [2.75, 3.05) is 17.2 Å². The second-order valence-corrected chi connectivity index (χ2v) is 5.86. The Morgan fingerprint density at radius 1 is 1.10 bits per heavy atom. The summed E-state index contributed by atoms with van der Waals surface area (Å²) in [5, 5.41) is 6.16. The van der Waals surface area contributed by atoms with Crippen molar-refractivity contribution in [3.63, 3.8) is 0 Å². The molecule has 0 saturated heterocycles. The predicted molar refractivity (Wildman–Crippen MR) is 91.8 cm³/mol. The van der Waals surface area contributed by atoms with Gasteiger partial charge < -0.3 is 10.6 Å². The van der Waals surface area contributed by atoms with Gasteiger partial charge in [0.2, 0.25) is 5.91 Å². The Hall–Kier alpha value is -1.81. The van der Waals surface area contributed by atoms with Crippen LogP contribution in [0.15, 0.2) is 46.9 Å². The molecule has 0 bridgehead atoms. The lowest BCUT2D eigenvalue weighted by atomic mass is 10.1. The van der Waals surface area contributed by atoms with Gasteiger partial charge in [-0.15, -0.1) is 0 Å². The first-order valence-corrected chi connectivity index (χ1v) is 7.71. The molecule has 0 aliphatic heterocycles. The molecule has 0 atom stereocenters. The third kappa shape index (κ3) is 4.60. The highest BCUT2D eigenvalue weighted by atomic mass is 79.9. The highest BCUT2D eigenvalue weighted by Gasteiger charge is 2.04. The standard InChI is InChI=1S/C17H19BrN2O/c1-12-7-8-14(11-13(12)2)20-17(21)9-10-19-16-6-4-3-5-15(16)18/h3-8,11,19H,9-10H2,1-2H3,(H,20,21). The van der Waals surface area contributed by atoms with Gasteiger partial charge in [0.15, 0.2) is 0 Å². The Morgan fingerprint density at radius 3 is 2.57 bits per heavy atom. The van der Waals surface area contributed by atoms with Gasteiger partial charge in [-0.1, -0.05) is 18.2 Å². The van der Waals surface area contributed by atoms with Gasteiger partial charge in [0, 0.05) is 28.8 Å². The van der Waals surface area contributed by atoms with Gasteiger partial charge in [-0.3, -0.25) is 4.79 Å². The fourth-order valence-corrected chi connectivity index (χ4v) is 2.38. The van der Waals surface area contributed by atoms with E-state index in [-0.39, 0.29) is 5.91 Å². The number of amides is 1. The average Bonchev–Trinajstić information content (AvgIpc) is 2.45. The Bertz CT molecular complexity index is 640. The van der Waals surface area contributed by atoms with Crippen LogP contribution in [0.4, 0.5) is 11.4 Å². The highest BCUT2D eigenvalue weighted by Crippen LogP contribution is 2.21. The van der Waals surface area contributed by atoms with E-state index >= 15 is 0 Å². The first-order valence-electron chi connectivity index (χ1n) is 6.92. The van der Waals surface area contributed by atoms with Crippen molar-refractivity contribution in [1.29, 1.82) is 0 Å². The molecule has 21 heavy (non-hydrogen) atoms. The summed E-state index contributed by atoms with van der Waals surface area (Å²) >= 11 is 3.47. The van der Waals surface area contributed by atoms with Gasteiger partial charge in [-0.2, -0.15) is 0 Å². The number of carbonyl (C=O) groups excluding carboxylic acids is 1. The molecule has 0 aliphatic rings. The predicted octanol–water partition coefficient (Wildman–Crippen LogP) is 4.51. The van der Waals surface area contributed by atoms with Crippen molar-refractivity contribution in [2.45, 2.75) is 20.3 Å². The Morgan fingerprint density at radius 2 is 1.86 bits per heavy atom. The van der Waals surface area contributed by atoms with E-state index in [0.29, 0.717) is 13.0 Å². The molecule has 3 nitrogen and oxygen atoms in total. The lowest BCUT2D eigenvalue weighted by Gasteiger charge is -2.10. The first kappa shape index (κ1) is 15.6. The molecule has 1 amide bonds. The van der Waals surface area contributed by atoms with Gasteiger partial charge in [0.05, 0.1) is 0 Å². The lowest BCUT2D eigenvalue weighted by Crippen LogP contribution is -2.16. The Labute approximate surface area is 133 Å². The minimum atomic E-state index is 0.0119. The van der Waals surface area contributed by atoms with Gasteiger partial charge in [-0.05, 0) is 65.2 Å². The van der Waals surface area contributed by atoms with E-state index < -0.39 is 0 Å². The van der Waals surface area contributed by atoms with Crippen LogP contribution in [0.2, 0.25) is 0 Å². The maximum Gasteiger partial charge on any atom is 0.226 e. The molecule has 0 heterocycles. The molecule has 0 radical (unpaired) electrons. The summed E-state index contributed by atoms with van der Waals surface area (Å²) < 4.78 is 1.000. The number of rotatable bonds is 5. The van der Waals surface area contributed by atoms with Gasteiger partial charge in [0.25, 0.3) is 0 Å². The average molecular weight is 347 g/mol. The normalized spacial score (nSPS) is 10.2. The molecule has 2 rings (SSSR count). The summed E-state index contributed by atoms with van der Waals surface area (Å²) in [5.41, 5.74) is 4.25. The van der Waals surface area contributed by atoms with E-state index in [1.54, 1.807) is 0 Å². The monoisotopic (exact) mass is 346 g/mol. The third-order valence-electron chi connectivity index (χ3n) is 3.33. The smallest absolute Gasteiger partial charge is 0.226 e. The Balaban J connectivity index is 1.82. The van der Waals surface area contributed by atoms with Crippen molar-refractivity contribution in [1.82, 2.24) is 0 Å². The van der Waals surface area contributed by atoms with Crippen molar-refractivity contribution in [3.8, 4) is 0 Å². The van der Waals surface area contributed by atoms with Crippen molar-refractivity contribution < 1.29 is 4.79 Å². The van der Waals surface area contributed by atoms with Crippen LogP contribution in [0, 0.1) is 13.8 Å². The summed E-state index contributed by atoms with van der Waals surface area (Å²) in [6.07, 6.45) is 0.425. The fraction of sp³-hybridized carbons (Fsp3) is 0.235. The zero-order chi connectivity index (χ0) is 15.2. The zero-order valence-electron chi connectivity index (χ0n) is 12.2. The number of carbonyl (C=O) groups is 1. The zero-order valence-corrected chi connectivity index (χ0v) is 13.8. The largest absolute Gasteiger partial charge is 0.384 e. The molecule has 0 aromatic heterocycles. The second-order valence-electron chi connectivity index (χ2n) is 5.00. The summed E-state index contributed by atoms with van der Waals surface area (Å²) in [4.78, 5) is 11.9. The van der Waals surface area contributed by atoms with Crippen LogP contribution in [-0.2, 0) is 4.79 Å². The van der Waals surface area contributed by atoms with Gasteiger partial charge >= 0.3 is 0 Å². The quantitative estimate of drug-likeness (QED) is 0.836. The minimum absolute atomic E-state index is 0.0119. The summed E-state index contributed by atoms with van der Waals surface area (Å²) in [7, 11) is 0. The number of halogens is 1.